The number of hydrogen-bond donors (Lipinski definition) is 1. The van der Waals surface area contributed by atoms with Crippen LogP contribution in [-0.4, -0.2) is 47.0 Å². The highest BCUT2D eigenvalue weighted by Crippen LogP contribution is 2.32. The fourth-order valence-corrected chi connectivity index (χ4v) is 3.15. The molecule has 0 saturated heterocycles. The molecule has 0 radical (unpaired) electrons. The number of fused-ring (bicyclic) bond motifs is 1. The number of pyridine rings is 1. The molecule has 0 fully saturated rings. The summed E-state index contributed by atoms with van der Waals surface area (Å²) in [4.78, 5) is 17.1. The van der Waals surface area contributed by atoms with Gasteiger partial charge in [-0.05, 0) is 13.0 Å². The Balaban J connectivity index is 1.66. The molecular weight excluding hydrogens is 382 g/mol. The first kappa shape index (κ1) is 18.1. The van der Waals surface area contributed by atoms with Gasteiger partial charge in [0.2, 0.25) is 0 Å². The predicted molar refractivity (Wildman–Crippen MR) is 85.7 cm³/mol. The minimum atomic E-state index is -4.99. The average molecular weight is 395 g/mol. The van der Waals surface area contributed by atoms with Crippen molar-refractivity contribution < 1.29 is 22.4 Å². The molecule has 0 aliphatic carbocycles. The lowest BCUT2D eigenvalue weighted by Crippen LogP contribution is -2.43. The minimum absolute atomic E-state index is 0.0110. The summed E-state index contributed by atoms with van der Waals surface area (Å²) in [6.45, 7) is 1.70. The molecule has 1 atom stereocenters. The van der Waals surface area contributed by atoms with Crippen LogP contribution < -0.4 is 0 Å². The first-order chi connectivity index (χ1) is 13.3. The van der Waals surface area contributed by atoms with E-state index in [0.717, 1.165) is 18.0 Å². The zero-order valence-electron chi connectivity index (χ0n) is 14.4. The molecule has 1 amide bonds. The fraction of sp³-hybridized carbons (Fsp3) is 0.312. The lowest BCUT2D eigenvalue weighted by Gasteiger charge is -2.33. The summed E-state index contributed by atoms with van der Waals surface area (Å²) in [6.07, 6.45) is -2.27. The third-order valence-electron chi connectivity index (χ3n) is 4.54. The van der Waals surface area contributed by atoms with E-state index in [1.165, 1.54) is 9.58 Å². The Bertz CT molecular complexity index is 1030. The zero-order valence-corrected chi connectivity index (χ0v) is 14.4. The van der Waals surface area contributed by atoms with Gasteiger partial charge in [-0.2, -0.15) is 23.0 Å². The summed E-state index contributed by atoms with van der Waals surface area (Å²) >= 11 is 0. The Kier molecular flexibility index (Phi) is 4.12. The largest absolute Gasteiger partial charge is 0.436 e. The zero-order chi connectivity index (χ0) is 20.1. The lowest BCUT2D eigenvalue weighted by molar-refractivity contribution is -0.143. The van der Waals surface area contributed by atoms with Crippen molar-refractivity contribution >= 4 is 5.91 Å². The number of amides is 1. The lowest BCUT2D eigenvalue weighted by atomic mass is 10.0. The second-order valence-electron chi connectivity index (χ2n) is 6.33. The highest BCUT2D eigenvalue weighted by atomic mass is 19.4. The van der Waals surface area contributed by atoms with Gasteiger partial charge in [-0.3, -0.25) is 9.89 Å². The van der Waals surface area contributed by atoms with Crippen molar-refractivity contribution in [2.75, 3.05) is 0 Å². The Hall–Kier alpha value is -3.31. The Labute approximate surface area is 155 Å². The molecule has 3 aromatic heterocycles. The minimum Gasteiger partial charge on any atom is -0.329 e. The summed E-state index contributed by atoms with van der Waals surface area (Å²) in [5.74, 6) is -2.02. The number of hydrogen-bond acceptors (Lipinski definition) is 5. The van der Waals surface area contributed by atoms with Crippen LogP contribution in [0.15, 0.2) is 24.5 Å². The average Bonchev–Trinajstić information content (AvgIpc) is 3.28. The first-order valence-electron chi connectivity index (χ1n) is 8.23. The van der Waals surface area contributed by atoms with Gasteiger partial charge in [-0.15, -0.1) is 5.10 Å². The second-order valence-corrected chi connectivity index (χ2v) is 6.33. The van der Waals surface area contributed by atoms with E-state index in [0.29, 0.717) is 17.9 Å². The number of H-pyrrole nitrogens is 1. The van der Waals surface area contributed by atoms with E-state index in [1.807, 2.05) is 0 Å². The number of aromatic amines is 1. The molecule has 12 heteroatoms. The molecule has 146 valence electrons. The number of aromatic nitrogens is 6. The SMILES string of the molecule is CC1Cc2c(nnn2-c2cc[nH]n2)CN1C(=O)c1ccnc(C(F)(F)F)c1F. The second kappa shape index (κ2) is 6.39. The van der Waals surface area contributed by atoms with E-state index in [-0.39, 0.29) is 6.54 Å². The summed E-state index contributed by atoms with van der Waals surface area (Å²) < 4.78 is 54.5. The van der Waals surface area contributed by atoms with Gasteiger partial charge in [0, 0.05) is 30.9 Å². The summed E-state index contributed by atoms with van der Waals surface area (Å²) in [6, 6.07) is 2.22. The maximum Gasteiger partial charge on any atom is 0.436 e. The van der Waals surface area contributed by atoms with Gasteiger partial charge >= 0.3 is 6.18 Å². The van der Waals surface area contributed by atoms with Crippen molar-refractivity contribution in [1.82, 2.24) is 35.1 Å². The summed E-state index contributed by atoms with van der Waals surface area (Å²) in [5, 5.41) is 14.7. The normalized spacial score (nSPS) is 16.9. The Morgan fingerprint density at radius 2 is 2.11 bits per heavy atom. The van der Waals surface area contributed by atoms with Crippen LogP contribution in [0.2, 0.25) is 0 Å². The third kappa shape index (κ3) is 2.90. The van der Waals surface area contributed by atoms with Crippen molar-refractivity contribution in [3.63, 3.8) is 0 Å². The van der Waals surface area contributed by atoms with Crippen LogP contribution in [0.4, 0.5) is 17.6 Å². The van der Waals surface area contributed by atoms with E-state index >= 15 is 0 Å². The maximum atomic E-state index is 14.3. The molecule has 4 rings (SSSR count). The van der Waals surface area contributed by atoms with Crippen molar-refractivity contribution in [3.05, 3.63) is 53.0 Å². The molecule has 0 spiro atoms. The molecule has 0 saturated carbocycles. The smallest absolute Gasteiger partial charge is 0.329 e. The van der Waals surface area contributed by atoms with Crippen LogP contribution in [0.1, 0.15) is 34.4 Å². The van der Waals surface area contributed by atoms with Gasteiger partial charge in [0.1, 0.15) is 5.69 Å². The summed E-state index contributed by atoms with van der Waals surface area (Å²) in [5.41, 5.74) is -1.19. The van der Waals surface area contributed by atoms with Crippen LogP contribution in [0, 0.1) is 5.82 Å². The molecule has 1 unspecified atom stereocenters. The number of nitrogens with one attached hydrogen (secondary N) is 1. The van der Waals surface area contributed by atoms with Crippen LogP contribution >= 0.6 is 0 Å². The van der Waals surface area contributed by atoms with Crippen molar-refractivity contribution in [2.24, 2.45) is 0 Å². The van der Waals surface area contributed by atoms with Crippen molar-refractivity contribution in [1.29, 1.82) is 0 Å². The van der Waals surface area contributed by atoms with Gasteiger partial charge < -0.3 is 4.90 Å². The number of halogens is 4. The molecule has 4 heterocycles. The van der Waals surface area contributed by atoms with Crippen LogP contribution in [0.5, 0.6) is 0 Å². The maximum absolute atomic E-state index is 14.3. The highest BCUT2D eigenvalue weighted by molar-refractivity contribution is 5.95. The molecule has 0 aromatic carbocycles. The van der Waals surface area contributed by atoms with Gasteiger partial charge in [-0.25, -0.2) is 9.37 Å². The van der Waals surface area contributed by atoms with Gasteiger partial charge in [0.05, 0.1) is 17.8 Å². The quantitative estimate of drug-likeness (QED) is 0.671. The fourth-order valence-electron chi connectivity index (χ4n) is 3.15. The van der Waals surface area contributed by atoms with E-state index in [2.05, 4.69) is 25.5 Å². The van der Waals surface area contributed by atoms with Gasteiger partial charge in [0.15, 0.2) is 17.3 Å². The number of rotatable bonds is 2. The number of carbonyl (C=O) groups excluding carboxylic acids is 1. The molecule has 3 aromatic rings. The molecule has 1 aliphatic heterocycles. The van der Waals surface area contributed by atoms with E-state index in [9.17, 15) is 22.4 Å². The van der Waals surface area contributed by atoms with Crippen LogP contribution in [0.25, 0.3) is 5.82 Å². The topological polar surface area (TPSA) is 92.6 Å². The van der Waals surface area contributed by atoms with Crippen LogP contribution in [-0.2, 0) is 19.1 Å². The molecular formula is C16H13F4N7O. The number of alkyl halides is 3. The van der Waals surface area contributed by atoms with Gasteiger partial charge in [0.25, 0.3) is 5.91 Å². The highest BCUT2D eigenvalue weighted by Gasteiger charge is 2.39. The monoisotopic (exact) mass is 395 g/mol. The van der Waals surface area contributed by atoms with E-state index < -0.39 is 35.2 Å². The standard InChI is InChI=1S/C16H13F4N7O/c1-8-6-11-10(23-25-27(11)12-3-5-22-24-12)7-26(8)15(28)9-2-4-21-14(13(9)17)16(18,19)20/h2-5,8H,6-7H2,1H3,(H,22,24). The van der Waals surface area contributed by atoms with E-state index in [1.54, 1.807) is 19.2 Å². The Morgan fingerprint density at radius 3 is 2.79 bits per heavy atom. The Morgan fingerprint density at radius 1 is 1.32 bits per heavy atom. The molecule has 28 heavy (non-hydrogen) atoms. The molecule has 1 aliphatic rings. The van der Waals surface area contributed by atoms with E-state index in [4.69, 9.17) is 0 Å². The summed E-state index contributed by atoms with van der Waals surface area (Å²) in [7, 11) is 0. The molecule has 1 N–H and O–H groups in total. The van der Waals surface area contributed by atoms with Crippen molar-refractivity contribution in [2.45, 2.75) is 32.1 Å². The predicted octanol–water partition coefficient (Wildman–Crippen LogP) is 2.13. The molecule has 8 nitrogen and oxygen atoms in total. The van der Waals surface area contributed by atoms with Gasteiger partial charge in [-0.1, -0.05) is 5.21 Å². The van der Waals surface area contributed by atoms with Crippen molar-refractivity contribution in [3.8, 4) is 5.82 Å². The molecule has 0 bridgehead atoms. The first-order valence-corrected chi connectivity index (χ1v) is 8.23. The number of carbonyl (C=O) groups is 1. The third-order valence-corrected chi connectivity index (χ3v) is 4.54. The van der Waals surface area contributed by atoms with Crippen LogP contribution in [0.3, 0.4) is 0 Å². The number of nitrogens with zero attached hydrogens (tertiary/aromatic N) is 6.